The van der Waals surface area contributed by atoms with Crippen molar-refractivity contribution >= 4 is 11.9 Å². The van der Waals surface area contributed by atoms with Gasteiger partial charge in [0.05, 0.1) is 18.2 Å². The summed E-state index contributed by atoms with van der Waals surface area (Å²) in [5, 5.41) is 8.94. The number of nitrogens with zero attached hydrogens (tertiary/aromatic N) is 1. The van der Waals surface area contributed by atoms with Crippen molar-refractivity contribution in [3.8, 4) is 0 Å². The molecule has 1 aromatic heterocycles. The molecule has 0 bridgehead atoms. The summed E-state index contributed by atoms with van der Waals surface area (Å²) in [6, 6.07) is 3.51. The number of amides is 1. The quantitative estimate of drug-likeness (QED) is 0.849. The van der Waals surface area contributed by atoms with Gasteiger partial charge in [-0.15, -0.1) is 0 Å². The molecule has 5 heteroatoms. The summed E-state index contributed by atoms with van der Waals surface area (Å²) in [5.41, 5.74) is -1.05. The molecular weight excluding hydrogens is 222 g/mol. The Balaban J connectivity index is 2.56. The van der Waals surface area contributed by atoms with E-state index in [1.165, 1.54) is 25.0 Å². The smallest absolute Gasteiger partial charge is 0.309 e. The van der Waals surface area contributed by atoms with E-state index in [0.29, 0.717) is 12.3 Å². The highest BCUT2D eigenvalue weighted by molar-refractivity contribution is 5.84. The van der Waals surface area contributed by atoms with Crippen LogP contribution >= 0.6 is 0 Å². The number of carbonyl (C=O) groups excluding carboxylic acids is 1. The monoisotopic (exact) mass is 239 g/mol. The van der Waals surface area contributed by atoms with E-state index >= 15 is 0 Å². The van der Waals surface area contributed by atoms with Gasteiger partial charge in [-0.05, 0) is 26.0 Å². The predicted molar refractivity (Wildman–Crippen MR) is 61.2 cm³/mol. The lowest BCUT2D eigenvalue weighted by molar-refractivity contribution is -0.151. The zero-order valence-corrected chi connectivity index (χ0v) is 10.3. The molecule has 1 amide bonds. The molecular formula is C12H17NO4. The number of carboxylic acids is 1. The van der Waals surface area contributed by atoms with Crippen LogP contribution in [0.2, 0.25) is 0 Å². The summed E-state index contributed by atoms with van der Waals surface area (Å²) in [6.45, 7) is 3.42. The summed E-state index contributed by atoms with van der Waals surface area (Å²) in [7, 11) is 1.63. The van der Waals surface area contributed by atoms with Gasteiger partial charge in [0.1, 0.15) is 5.76 Å². The van der Waals surface area contributed by atoms with E-state index in [1.807, 2.05) is 0 Å². The summed E-state index contributed by atoms with van der Waals surface area (Å²) < 4.78 is 5.12. The van der Waals surface area contributed by atoms with Crippen molar-refractivity contribution in [2.45, 2.75) is 26.8 Å². The van der Waals surface area contributed by atoms with Crippen molar-refractivity contribution < 1.29 is 19.1 Å². The third kappa shape index (κ3) is 3.62. The van der Waals surface area contributed by atoms with E-state index < -0.39 is 11.4 Å². The van der Waals surface area contributed by atoms with Crippen LogP contribution in [-0.2, 0) is 16.1 Å². The third-order valence-corrected chi connectivity index (χ3v) is 2.57. The molecule has 0 aliphatic rings. The average Bonchev–Trinajstić information content (AvgIpc) is 2.69. The van der Waals surface area contributed by atoms with Crippen molar-refractivity contribution in [3.63, 3.8) is 0 Å². The molecule has 0 saturated carbocycles. The SMILES string of the molecule is CN(Cc1ccco1)C(=O)CC(C)(C)C(=O)O. The first-order chi connectivity index (χ1) is 7.83. The maximum atomic E-state index is 11.8. The van der Waals surface area contributed by atoms with Crippen LogP contribution < -0.4 is 0 Å². The van der Waals surface area contributed by atoms with Gasteiger partial charge in [-0.25, -0.2) is 0 Å². The van der Waals surface area contributed by atoms with E-state index in [2.05, 4.69) is 0 Å². The molecule has 0 atom stereocenters. The first kappa shape index (κ1) is 13.3. The number of rotatable bonds is 5. The van der Waals surface area contributed by atoms with Gasteiger partial charge in [0, 0.05) is 13.5 Å². The van der Waals surface area contributed by atoms with Crippen LogP contribution in [0, 0.1) is 5.41 Å². The molecule has 0 aliphatic heterocycles. The highest BCUT2D eigenvalue weighted by Gasteiger charge is 2.31. The van der Waals surface area contributed by atoms with Crippen molar-refractivity contribution in [3.05, 3.63) is 24.2 Å². The molecule has 0 aliphatic carbocycles. The lowest BCUT2D eigenvalue weighted by Gasteiger charge is -2.22. The fraction of sp³-hybridized carbons (Fsp3) is 0.500. The van der Waals surface area contributed by atoms with E-state index in [1.54, 1.807) is 19.2 Å². The number of carbonyl (C=O) groups is 2. The van der Waals surface area contributed by atoms with Crippen LogP contribution in [0.4, 0.5) is 0 Å². The Morgan fingerprint density at radius 1 is 1.47 bits per heavy atom. The minimum atomic E-state index is -1.05. The van der Waals surface area contributed by atoms with Gasteiger partial charge in [0.2, 0.25) is 5.91 Å². The summed E-state index contributed by atoms with van der Waals surface area (Å²) in [4.78, 5) is 24.2. The van der Waals surface area contributed by atoms with Crippen LogP contribution in [0.5, 0.6) is 0 Å². The Bertz CT molecular complexity index is 395. The van der Waals surface area contributed by atoms with Gasteiger partial charge in [-0.2, -0.15) is 0 Å². The Labute approximate surface area is 100 Å². The number of furan rings is 1. The van der Waals surface area contributed by atoms with E-state index in [9.17, 15) is 9.59 Å². The molecule has 0 fully saturated rings. The van der Waals surface area contributed by atoms with Gasteiger partial charge in [0.25, 0.3) is 0 Å². The van der Waals surface area contributed by atoms with Crippen molar-refractivity contribution in [1.82, 2.24) is 4.90 Å². The maximum absolute atomic E-state index is 11.8. The summed E-state index contributed by atoms with van der Waals surface area (Å²) in [5.74, 6) is -0.514. The van der Waals surface area contributed by atoms with Gasteiger partial charge in [-0.1, -0.05) is 0 Å². The minimum Gasteiger partial charge on any atom is -0.481 e. The van der Waals surface area contributed by atoms with Crippen LogP contribution in [0.15, 0.2) is 22.8 Å². The fourth-order valence-corrected chi connectivity index (χ4v) is 1.31. The van der Waals surface area contributed by atoms with Crippen molar-refractivity contribution in [1.29, 1.82) is 0 Å². The first-order valence-electron chi connectivity index (χ1n) is 5.32. The molecule has 0 spiro atoms. The van der Waals surface area contributed by atoms with Crippen molar-refractivity contribution in [2.24, 2.45) is 5.41 Å². The predicted octanol–water partition coefficient (Wildman–Crippen LogP) is 1.74. The molecule has 1 rings (SSSR count). The summed E-state index contributed by atoms with van der Waals surface area (Å²) in [6.07, 6.45) is 1.51. The lowest BCUT2D eigenvalue weighted by atomic mass is 9.89. The molecule has 0 aromatic carbocycles. The Morgan fingerprint density at radius 2 is 2.12 bits per heavy atom. The largest absolute Gasteiger partial charge is 0.481 e. The van der Waals surface area contributed by atoms with E-state index in [-0.39, 0.29) is 12.3 Å². The minimum absolute atomic E-state index is 0.0282. The van der Waals surface area contributed by atoms with Gasteiger partial charge < -0.3 is 14.4 Å². The molecule has 0 saturated heterocycles. The normalized spacial score (nSPS) is 11.2. The number of aliphatic carboxylic acids is 1. The molecule has 1 aromatic rings. The van der Waals surface area contributed by atoms with Crippen LogP contribution in [0.25, 0.3) is 0 Å². The van der Waals surface area contributed by atoms with Gasteiger partial charge >= 0.3 is 5.97 Å². The zero-order chi connectivity index (χ0) is 13.1. The molecule has 94 valence electrons. The molecule has 0 unspecified atom stereocenters. The second-order valence-electron chi connectivity index (χ2n) is 4.69. The zero-order valence-electron chi connectivity index (χ0n) is 10.3. The molecule has 5 nitrogen and oxygen atoms in total. The number of hydrogen-bond donors (Lipinski definition) is 1. The molecule has 1 N–H and O–H groups in total. The molecule has 17 heavy (non-hydrogen) atoms. The molecule has 0 radical (unpaired) electrons. The van der Waals surface area contributed by atoms with Gasteiger partial charge in [-0.3, -0.25) is 9.59 Å². The van der Waals surface area contributed by atoms with E-state index in [4.69, 9.17) is 9.52 Å². The van der Waals surface area contributed by atoms with Gasteiger partial charge in [0.15, 0.2) is 0 Å². The Morgan fingerprint density at radius 3 is 2.59 bits per heavy atom. The fourth-order valence-electron chi connectivity index (χ4n) is 1.31. The van der Waals surface area contributed by atoms with Crippen LogP contribution in [0.3, 0.4) is 0 Å². The van der Waals surface area contributed by atoms with Crippen molar-refractivity contribution in [2.75, 3.05) is 7.05 Å². The maximum Gasteiger partial charge on any atom is 0.309 e. The summed E-state index contributed by atoms with van der Waals surface area (Å²) >= 11 is 0. The van der Waals surface area contributed by atoms with Crippen LogP contribution in [0.1, 0.15) is 26.0 Å². The second-order valence-corrected chi connectivity index (χ2v) is 4.69. The number of carboxylic acid groups (broad SMARTS) is 1. The second kappa shape index (κ2) is 5.03. The average molecular weight is 239 g/mol. The Kier molecular flexibility index (Phi) is 3.93. The number of hydrogen-bond acceptors (Lipinski definition) is 3. The third-order valence-electron chi connectivity index (χ3n) is 2.57. The first-order valence-corrected chi connectivity index (χ1v) is 5.32. The highest BCUT2D eigenvalue weighted by Crippen LogP contribution is 2.21. The van der Waals surface area contributed by atoms with E-state index in [0.717, 1.165) is 0 Å². The Hall–Kier alpha value is -1.78. The standard InChI is InChI=1S/C12H17NO4/c1-12(2,11(15)16)7-10(14)13(3)8-9-5-4-6-17-9/h4-6H,7-8H2,1-3H3,(H,15,16). The highest BCUT2D eigenvalue weighted by atomic mass is 16.4. The van der Waals surface area contributed by atoms with Crippen LogP contribution in [-0.4, -0.2) is 28.9 Å². The topological polar surface area (TPSA) is 70.8 Å². The molecule has 1 heterocycles. The lowest BCUT2D eigenvalue weighted by Crippen LogP contribution is -2.34.